The molecule has 2 aromatic heterocycles. The van der Waals surface area contributed by atoms with Crippen LogP contribution in [0.2, 0.25) is 0 Å². The Morgan fingerprint density at radius 2 is 2.26 bits per heavy atom. The summed E-state index contributed by atoms with van der Waals surface area (Å²) in [6, 6.07) is 1.02. The van der Waals surface area contributed by atoms with Crippen LogP contribution >= 0.6 is 11.3 Å². The van der Waals surface area contributed by atoms with Gasteiger partial charge in [0.15, 0.2) is 0 Å². The molecule has 1 fully saturated rings. The molecule has 3 rings (SSSR count). The average Bonchev–Trinajstić information content (AvgIpc) is 3.17. The predicted octanol–water partition coefficient (Wildman–Crippen LogP) is 0.480. The molecule has 2 aromatic rings. The van der Waals surface area contributed by atoms with Crippen molar-refractivity contribution in [2.75, 3.05) is 25.7 Å². The Labute approximate surface area is 136 Å². The molecule has 124 valence electrons. The average molecular weight is 338 g/mol. The molecule has 2 atom stereocenters. The minimum absolute atomic E-state index is 0.0815. The maximum atomic E-state index is 12.1. The third-order valence-electron chi connectivity index (χ3n) is 3.96. The molecule has 0 aliphatic carbocycles. The first-order valence-corrected chi connectivity index (χ1v) is 8.16. The van der Waals surface area contributed by atoms with Crippen LogP contribution < -0.4 is 10.5 Å². The fourth-order valence-electron chi connectivity index (χ4n) is 2.68. The van der Waals surface area contributed by atoms with Gasteiger partial charge in [0.2, 0.25) is 10.1 Å². The fourth-order valence-corrected chi connectivity index (χ4v) is 3.67. The Morgan fingerprint density at radius 1 is 1.48 bits per heavy atom. The summed E-state index contributed by atoms with van der Waals surface area (Å²) in [6.07, 6.45) is 1.13. The largest absolute Gasteiger partial charge is 0.467 e. The zero-order valence-corrected chi connectivity index (χ0v) is 14.0. The Morgan fingerprint density at radius 3 is 2.91 bits per heavy atom. The molecule has 0 N–H and O–H groups in total. The fraction of sp³-hybridized carbons (Fsp3) is 0.571. The summed E-state index contributed by atoms with van der Waals surface area (Å²) in [7, 11) is 2.97. The van der Waals surface area contributed by atoms with Crippen LogP contribution in [0, 0.1) is 0 Å². The summed E-state index contributed by atoms with van der Waals surface area (Å²) in [5.74, 6) is -0.335. The molecule has 0 unspecified atom stereocenters. The van der Waals surface area contributed by atoms with Crippen molar-refractivity contribution >= 4 is 27.4 Å². The third-order valence-corrected chi connectivity index (χ3v) is 4.91. The van der Waals surface area contributed by atoms with E-state index in [4.69, 9.17) is 9.47 Å². The number of aromatic nitrogens is 3. The van der Waals surface area contributed by atoms with Crippen LogP contribution in [0.15, 0.2) is 10.9 Å². The summed E-state index contributed by atoms with van der Waals surface area (Å²) >= 11 is 1.29. The number of hydrogen-bond acceptors (Lipinski definition) is 8. The van der Waals surface area contributed by atoms with Gasteiger partial charge in [0.05, 0.1) is 13.2 Å². The monoisotopic (exact) mass is 338 g/mol. The molecular weight excluding hydrogens is 320 g/mol. The van der Waals surface area contributed by atoms with Gasteiger partial charge in [-0.25, -0.2) is 9.78 Å². The van der Waals surface area contributed by atoms with Gasteiger partial charge in [-0.15, -0.1) is 5.10 Å². The highest BCUT2D eigenvalue weighted by Crippen LogP contribution is 2.30. The van der Waals surface area contributed by atoms with E-state index >= 15 is 0 Å². The molecule has 1 saturated heterocycles. The van der Waals surface area contributed by atoms with Gasteiger partial charge < -0.3 is 14.4 Å². The maximum absolute atomic E-state index is 12.1. The SMILES string of the molecule is CCc1cc(=O)n2nc(N3C[C@@H](OC)C[C@@H]3C(=O)OC)sc2n1. The number of ether oxygens (including phenoxy) is 2. The number of anilines is 1. The van der Waals surface area contributed by atoms with E-state index in [9.17, 15) is 9.59 Å². The lowest BCUT2D eigenvalue weighted by atomic mass is 10.2. The van der Waals surface area contributed by atoms with Crippen molar-refractivity contribution in [3.05, 3.63) is 22.1 Å². The van der Waals surface area contributed by atoms with E-state index in [-0.39, 0.29) is 17.6 Å². The summed E-state index contributed by atoms with van der Waals surface area (Å²) in [6.45, 7) is 2.46. The van der Waals surface area contributed by atoms with E-state index in [1.165, 1.54) is 29.0 Å². The van der Waals surface area contributed by atoms with Gasteiger partial charge in [-0.1, -0.05) is 18.3 Å². The van der Waals surface area contributed by atoms with Crippen molar-refractivity contribution in [3.8, 4) is 0 Å². The molecular formula is C14H18N4O4S. The van der Waals surface area contributed by atoms with Crippen LogP contribution in [-0.2, 0) is 20.7 Å². The topological polar surface area (TPSA) is 86.0 Å². The second-order valence-corrected chi connectivity index (χ2v) is 6.24. The second-order valence-electron chi connectivity index (χ2n) is 5.30. The van der Waals surface area contributed by atoms with Crippen molar-refractivity contribution in [2.45, 2.75) is 31.9 Å². The first-order valence-electron chi connectivity index (χ1n) is 7.34. The van der Waals surface area contributed by atoms with Crippen molar-refractivity contribution in [3.63, 3.8) is 0 Å². The molecule has 0 bridgehead atoms. The van der Waals surface area contributed by atoms with Crippen LogP contribution in [0.4, 0.5) is 5.13 Å². The normalized spacial score (nSPS) is 21.1. The Hall–Kier alpha value is -2.00. The molecule has 0 saturated carbocycles. The van der Waals surface area contributed by atoms with Gasteiger partial charge in [-0.05, 0) is 6.42 Å². The molecule has 0 radical (unpaired) electrons. The van der Waals surface area contributed by atoms with Crippen LogP contribution in [0.25, 0.3) is 4.96 Å². The molecule has 0 aromatic carbocycles. The molecule has 9 heteroatoms. The van der Waals surface area contributed by atoms with Crippen LogP contribution in [0.1, 0.15) is 19.0 Å². The molecule has 1 aliphatic rings. The molecule has 3 heterocycles. The number of esters is 1. The number of aryl methyl sites for hydroxylation is 1. The van der Waals surface area contributed by atoms with Crippen LogP contribution in [0.3, 0.4) is 0 Å². The van der Waals surface area contributed by atoms with E-state index in [1.54, 1.807) is 7.11 Å². The first kappa shape index (κ1) is 15.9. The lowest BCUT2D eigenvalue weighted by Gasteiger charge is -2.20. The molecule has 23 heavy (non-hydrogen) atoms. The quantitative estimate of drug-likeness (QED) is 0.750. The van der Waals surface area contributed by atoms with Gasteiger partial charge >= 0.3 is 5.97 Å². The Balaban J connectivity index is 2.02. The lowest BCUT2D eigenvalue weighted by molar-refractivity contribution is -0.142. The summed E-state index contributed by atoms with van der Waals surface area (Å²) in [5.41, 5.74) is 0.511. The van der Waals surface area contributed by atoms with E-state index in [2.05, 4.69) is 10.1 Å². The summed E-state index contributed by atoms with van der Waals surface area (Å²) < 4.78 is 11.5. The summed E-state index contributed by atoms with van der Waals surface area (Å²) in [4.78, 5) is 30.9. The van der Waals surface area contributed by atoms with Crippen LogP contribution in [-0.4, -0.2) is 53.5 Å². The number of rotatable bonds is 4. The number of methoxy groups -OCH3 is 2. The predicted molar refractivity (Wildman–Crippen MR) is 85.1 cm³/mol. The molecule has 0 spiro atoms. The minimum Gasteiger partial charge on any atom is -0.467 e. The van der Waals surface area contributed by atoms with Gasteiger partial charge in [-0.3, -0.25) is 4.79 Å². The molecule has 1 aliphatic heterocycles. The van der Waals surface area contributed by atoms with Crippen LogP contribution in [0.5, 0.6) is 0 Å². The zero-order valence-electron chi connectivity index (χ0n) is 13.2. The van der Waals surface area contributed by atoms with Crippen molar-refractivity contribution < 1.29 is 14.3 Å². The second kappa shape index (κ2) is 6.25. The minimum atomic E-state index is -0.466. The standard InChI is InChI=1S/C14H18N4O4S/c1-4-8-5-11(19)18-13(15-8)23-14(16-18)17-7-9(21-2)6-10(17)12(20)22-3/h5,9-10H,4,6-7H2,1-3H3/t9-,10+/m0/s1. The third kappa shape index (κ3) is 2.81. The zero-order chi connectivity index (χ0) is 16.6. The number of hydrogen-bond donors (Lipinski definition) is 0. The first-order chi connectivity index (χ1) is 11.1. The van der Waals surface area contributed by atoms with Crippen molar-refractivity contribution in [1.29, 1.82) is 0 Å². The number of fused-ring (bicyclic) bond motifs is 1. The van der Waals surface area contributed by atoms with Gasteiger partial charge in [0.25, 0.3) is 5.56 Å². The maximum Gasteiger partial charge on any atom is 0.328 e. The highest BCUT2D eigenvalue weighted by atomic mass is 32.1. The number of carbonyl (C=O) groups is 1. The smallest absolute Gasteiger partial charge is 0.328 e. The van der Waals surface area contributed by atoms with Crippen molar-refractivity contribution in [2.24, 2.45) is 0 Å². The Bertz CT molecular complexity index is 787. The molecule has 0 amide bonds. The van der Waals surface area contributed by atoms with Gasteiger partial charge in [-0.2, -0.15) is 4.52 Å². The van der Waals surface area contributed by atoms with Gasteiger partial charge in [0.1, 0.15) is 6.04 Å². The van der Waals surface area contributed by atoms with E-state index in [0.717, 1.165) is 5.69 Å². The number of nitrogens with zero attached hydrogens (tertiary/aromatic N) is 4. The van der Waals surface area contributed by atoms with E-state index < -0.39 is 6.04 Å². The van der Waals surface area contributed by atoms with Gasteiger partial charge in [0, 0.05) is 31.8 Å². The summed E-state index contributed by atoms with van der Waals surface area (Å²) in [5, 5.41) is 4.90. The number of carbonyl (C=O) groups excluding carboxylic acids is 1. The molecule has 8 nitrogen and oxygen atoms in total. The highest BCUT2D eigenvalue weighted by molar-refractivity contribution is 7.20. The lowest BCUT2D eigenvalue weighted by Crippen LogP contribution is -2.37. The van der Waals surface area contributed by atoms with E-state index in [0.29, 0.717) is 29.5 Å². The van der Waals surface area contributed by atoms with E-state index in [1.807, 2.05) is 11.8 Å². The van der Waals surface area contributed by atoms with Crippen molar-refractivity contribution in [1.82, 2.24) is 14.6 Å². The Kier molecular flexibility index (Phi) is 4.31. The highest BCUT2D eigenvalue weighted by Gasteiger charge is 2.39.